The summed E-state index contributed by atoms with van der Waals surface area (Å²) in [5.41, 5.74) is 5.98. The first-order valence-corrected chi connectivity index (χ1v) is 3.38. The molecule has 0 aromatic heterocycles. The summed E-state index contributed by atoms with van der Waals surface area (Å²) in [7, 11) is 0. The van der Waals surface area contributed by atoms with Crippen LogP contribution < -0.4 is 35.3 Å². The van der Waals surface area contributed by atoms with Crippen molar-refractivity contribution in [1.82, 2.24) is 0 Å². The monoisotopic (exact) mass is 192 g/mol. The fourth-order valence-electron chi connectivity index (χ4n) is 0.688. The van der Waals surface area contributed by atoms with Crippen molar-refractivity contribution >= 4 is 24.3 Å². The Bertz CT molecular complexity index is 303. The second-order valence-electron chi connectivity index (χ2n) is 2.08. The van der Waals surface area contributed by atoms with Crippen LogP contribution in [0.25, 0.3) is 0 Å². The quantitative estimate of drug-likeness (QED) is 0.281. The van der Waals surface area contributed by atoms with Crippen LogP contribution in [0.5, 0.6) is 0 Å². The molecule has 0 heterocycles. The van der Waals surface area contributed by atoms with Crippen molar-refractivity contribution in [3.05, 3.63) is 23.8 Å². The number of carboxylic acids is 1. The van der Waals surface area contributed by atoms with Gasteiger partial charge in [-0.1, -0.05) is 0 Å². The minimum Gasteiger partial charge on any atom is -0.478 e. The van der Waals surface area contributed by atoms with Gasteiger partial charge < -0.3 is 10.8 Å². The Morgan fingerprint density at radius 3 is 2.50 bits per heavy atom. The van der Waals surface area contributed by atoms with Crippen LogP contribution in [0.4, 0.5) is 5.69 Å². The molecule has 58 valence electrons. The molecule has 0 bridgehead atoms. The van der Waals surface area contributed by atoms with E-state index in [0.717, 1.165) is 0 Å². The van der Waals surface area contributed by atoms with Crippen molar-refractivity contribution < 1.29 is 39.5 Å². The predicted molar refractivity (Wildman–Crippen MR) is 45.1 cm³/mol. The predicted octanol–water partition coefficient (Wildman–Crippen LogP) is -1.74. The zero-order valence-electron chi connectivity index (χ0n) is 6.61. The van der Waals surface area contributed by atoms with Crippen LogP contribution in [0.2, 0.25) is 0 Å². The summed E-state index contributed by atoms with van der Waals surface area (Å²) < 4.78 is 0. The van der Waals surface area contributed by atoms with E-state index in [1.807, 2.05) is 0 Å². The average Bonchev–Trinajstić information content (AvgIpc) is 1.94. The van der Waals surface area contributed by atoms with E-state index >= 15 is 0 Å². The summed E-state index contributed by atoms with van der Waals surface area (Å²) in [5.74, 6) is -0.981. The van der Waals surface area contributed by atoms with E-state index in [9.17, 15) is 4.79 Å². The topological polar surface area (TPSA) is 63.3 Å². The van der Waals surface area contributed by atoms with Crippen molar-refractivity contribution in [3.63, 3.8) is 0 Å². The van der Waals surface area contributed by atoms with Gasteiger partial charge in [0.05, 0.1) is 5.56 Å². The number of carboxylic acid groups (broad SMARTS) is 1. The molecule has 3 nitrogen and oxygen atoms in total. The first kappa shape index (κ1) is 11.8. The molecular formula is C7H7NNaO2S+. The van der Waals surface area contributed by atoms with Gasteiger partial charge in [-0.25, -0.2) is 4.79 Å². The molecule has 0 atom stereocenters. The maximum absolute atomic E-state index is 10.4. The van der Waals surface area contributed by atoms with Gasteiger partial charge in [-0.05, 0) is 18.2 Å². The number of rotatable bonds is 1. The Hall–Kier alpha value is -0.160. The van der Waals surface area contributed by atoms with Crippen molar-refractivity contribution in [2.45, 2.75) is 4.90 Å². The zero-order valence-corrected chi connectivity index (χ0v) is 9.51. The van der Waals surface area contributed by atoms with Crippen molar-refractivity contribution in [2.75, 3.05) is 5.73 Å². The molecule has 1 aromatic carbocycles. The standard InChI is InChI=1S/C7H7NO2S.Na/c8-5-3-4(7(9)10)1-2-6(5)11;/h1-3,11H,8H2,(H,9,10);/q;+1. The Morgan fingerprint density at radius 2 is 2.08 bits per heavy atom. The van der Waals surface area contributed by atoms with Gasteiger partial charge in [0, 0.05) is 10.6 Å². The second-order valence-corrected chi connectivity index (χ2v) is 2.56. The third kappa shape index (κ3) is 2.71. The Morgan fingerprint density at radius 1 is 1.50 bits per heavy atom. The van der Waals surface area contributed by atoms with Gasteiger partial charge in [0.25, 0.3) is 0 Å². The largest absolute Gasteiger partial charge is 1.00 e. The van der Waals surface area contributed by atoms with Gasteiger partial charge >= 0.3 is 35.5 Å². The first-order valence-electron chi connectivity index (χ1n) is 2.93. The van der Waals surface area contributed by atoms with E-state index in [-0.39, 0.29) is 35.1 Å². The molecule has 0 saturated carbocycles. The molecule has 0 saturated heterocycles. The van der Waals surface area contributed by atoms with Gasteiger partial charge in [0.15, 0.2) is 0 Å². The summed E-state index contributed by atoms with van der Waals surface area (Å²) >= 11 is 4.00. The van der Waals surface area contributed by atoms with Crippen LogP contribution in [0.1, 0.15) is 10.4 Å². The second kappa shape index (κ2) is 4.77. The number of nitrogens with two attached hydrogens (primary N) is 1. The molecule has 3 N–H and O–H groups in total. The van der Waals surface area contributed by atoms with Crippen molar-refractivity contribution in [2.24, 2.45) is 0 Å². The normalized spacial score (nSPS) is 8.75. The Balaban J connectivity index is 0.00000121. The third-order valence-corrected chi connectivity index (χ3v) is 1.68. The summed E-state index contributed by atoms with van der Waals surface area (Å²) in [4.78, 5) is 11.0. The third-order valence-electron chi connectivity index (χ3n) is 1.27. The number of hydrogen-bond acceptors (Lipinski definition) is 3. The number of benzene rings is 1. The summed E-state index contributed by atoms with van der Waals surface area (Å²) in [6.45, 7) is 0. The SMILES string of the molecule is Nc1cc(C(=O)O)ccc1S.[Na+]. The molecule has 0 unspecified atom stereocenters. The van der Waals surface area contributed by atoms with E-state index < -0.39 is 5.97 Å². The van der Waals surface area contributed by atoms with Gasteiger partial charge in [-0.15, -0.1) is 12.6 Å². The average molecular weight is 192 g/mol. The summed E-state index contributed by atoms with van der Waals surface area (Å²) in [6, 6.07) is 4.40. The molecule has 0 spiro atoms. The van der Waals surface area contributed by atoms with E-state index in [0.29, 0.717) is 10.6 Å². The molecule has 12 heavy (non-hydrogen) atoms. The molecule has 0 aliphatic heterocycles. The molecule has 0 aliphatic carbocycles. The van der Waals surface area contributed by atoms with E-state index in [2.05, 4.69) is 12.6 Å². The minimum atomic E-state index is -0.981. The molecular weight excluding hydrogens is 185 g/mol. The fourth-order valence-corrected chi connectivity index (χ4v) is 0.827. The molecule has 5 heteroatoms. The van der Waals surface area contributed by atoms with E-state index in [1.54, 1.807) is 6.07 Å². The zero-order chi connectivity index (χ0) is 8.43. The Labute approximate surface area is 97.7 Å². The van der Waals surface area contributed by atoms with E-state index in [1.165, 1.54) is 12.1 Å². The summed E-state index contributed by atoms with van der Waals surface area (Å²) in [5, 5.41) is 8.52. The molecule has 0 amide bonds. The number of thiol groups is 1. The van der Waals surface area contributed by atoms with Crippen molar-refractivity contribution in [1.29, 1.82) is 0 Å². The summed E-state index contributed by atoms with van der Waals surface area (Å²) in [6.07, 6.45) is 0. The maximum atomic E-state index is 10.4. The van der Waals surface area contributed by atoms with Gasteiger partial charge in [0.2, 0.25) is 0 Å². The Kier molecular flexibility index (Phi) is 4.70. The van der Waals surface area contributed by atoms with E-state index in [4.69, 9.17) is 10.8 Å². The van der Waals surface area contributed by atoms with Gasteiger partial charge in [-0.3, -0.25) is 0 Å². The molecule has 1 aromatic rings. The van der Waals surface area contributed by atoms with Crippen LogP contribution in [-0.4, -0.2) is 11.1 Å². The first-order chi connectivity index (χ1) is 5.11. The number of carbonyl (C=O) groups is 1. The van der Waals surface area contributed by atoms with Crippen molar-refractivity contribution in [3.8, 4) is 0 Å². The number of nitrogen functional groups attached to an aromatic ring is 1. The molecule has 1 rings (SSSR count). The smallest absolute Gasteiger partial charge is 0.478 e. The van der Waals surface area contributed by atoms with Gasteiger partial charge in [-0.2, -0.15) is 0 Å². The molecule has 0 aliphatic rings. The minimum absolute atomic E-state index is 0. The van der Waals surface area contributed by atoms with Crippen LogP contribution in [0.15, 0.2) is 23.1 Å². The molecule has 0 fully saturated rings. The van der Waals surface area contributed by atoms with Crippen LogP contribution in [-0.2, 0) is 0 Å². The molecule has 0 radical (unpaired) electrons. The fraction of sp³-hybridized carbons (Fsp3) is 0. The van der Waals surface area contributed by atoms with Crippen LogP contribution in [0.3, 0.4) is 0 Å². The number of anilines is 1. The maximum Gasteiger partial charge on any atom is 1.00 e. The number of hydrogen-bond donors (Lipinski definition) is 3. The van der Waals surface area contributed by atoms with Crippen LogP contribution in [0, 0.1) is 0 Å². The van der Waals surface area contributed by atoms with Crippen LogP contribution >= 0.6 is 12.6 Å². The number of aromatic carboxylic acids is 1. The van der Waals surface area contributed by atoms with Gasteiger partial charge in [0.1, 0.15) is 0 Å².